The maximum absolute atomic E-state index is 11.8. The number of aliphatic hydroxyl groups excluding tert-OH is 1. The first-order valence-electron chi connectivity index (χ1n) is 13.9. The van der Waals surface area contributed by atoms with Gasteiger partial charge in [-0.3, -0.25) is 0 Å². The zero-order valence-electron chi connectivity index (χ0n) is 22.5. The molecule has 5 rings (SSSR count). The number of benzene rings is 2. The van der Waals surface area contributed by atoms with Gasteiger partial charge in [0.25, 0.3) is 0 Å². The van der Waals surface area contributed by atoms with Crippen molar-refractivity contribution in [1.29, 1.82) is 0 Å². The van der Waals surface area contributed by atoms with Crippen LogP contribution in [0.2, 0.25) is 5.02 Å². The van der Waals surface area contributed by atoms with E-state index in [4.69, 9.17) is 21.5 Å². The number of aryl methyl sites for hydroxylation is 1. The van der Waals surface area contributed by atoms with Gasteiger partial charge in [0.1, 0.15) is 5.75 Å². The molecule has 0 unspecified atom stereocenters. The van der Waals surface area contributed by atoms with Gasteiger partial charge < -0.3 is 19.8 Å². The summed E-state index contributed by atoms with van der Waals surface area (Å²) in [5.41, 5.74) is 3.21. The van der Waals surface area contributed by atoms with Gasteiger partial charge in [-0.05, 0) is 98.2 Å². The monoisotopic (exact) mass is 588 g/mol. The molecule has 8 nitrogen and oxygen atoms in total. The number of anilines is 1. The minimum absolute atomic E-state index is 0.0677. The molecule has 0 aromatic heterocycles. The topological polar surface area (TPSA) is 130 Å². The van der Waals surface area contributed by atoms with Crippen LogP contribution in [0.1, 0.15) is 60.0 Å². The average molecular weight is 589 g/mol. The number of fused-ring (bicyclic) bond motifs is 3. The Kier molecular flexibility index (Phi) is 8.47. The summed E-state index contributed by atoms with van der Waals surface area (Å²) in [5.74, 6) is -0.101. The number of hydrogen-bond acceptors (Lipinski definition) is 6. The molecule has 2 aromatic carbocycles. The van der Waals surface area contributed by atoms with Crippen LogP contribution in [-0.4, -0.2) is 56.2 Å². The molecule has 216 valence electrons. The zero-order chi connectivity index (χ0) is 28.5. The highest BCUT2D eigenvalue weighted by Crippen LogP contribution is 2.46. The summed E-state index contributed by atoms with van der Waals surface area (Å²) >= 11 is 6.34. The Balaban J connectivity index is 1.38. The van der Waals surface area contributed by atoms with Crippen molar-refractivity contribution in [2.45, 2.75) is 56.5 Å². The quantitative estimate of drug-likeness (QED) is 0.290. The Hall–Kier alpha value is -2.59. The van der Waals surface area contributed by atoms with Crippen molar-refractivity contribution in [3.8, 4) is 5.75 Å². The molecule has 1 fully saturated rings. The molecule has 4 atom stereocenters. The molecular weight excluding hydrogens is 552 g/mol. The Bertz CT molecular complexity index is 1400. The van der Waals surface area contributed by atoms with Gasteiger partial charge in [0.2, 0.25) is 10.0 Å². The molecule has 2 aromatic rings. The van der Waals surface area contributed by atoms with Gasteiger partial charge in [-0.15, -0.1) is 0 Å². The van der Waals surface area contributed by atoms with Gasteiger partial charge >= 0.3 is 5.97 Å². The van der Waals surface area contributed by atoms with E-state index >= 15 is 0 Å². The lowest BCUT2D eigenvalue weighted by Crippen LogP contribution is -2.49. The second kappa shape index (κ2) is 11.7. The van der Waals surface area contributed by atoms with Crippen LogP contribution in [0.15, 0.2) is 48.6 Å². The molecule has 0 radical (unpaired) electrons. The molecule has 1 heterocycles. The SMILES string of the molecule is NS(=O)(=O)CCCC=C[C@H](O)[C@@H]1CC[C@H]1CN1C[C@@]2(CCCc3cc(Cl)ccc32)COc2ccc(C(=O)O)cc21. The van der Waals surface area contributed by atoms with Crippen molar-refractivity contribution in [3.05, 3.63) is 70.3 Å². The molecule has 2 aliphatic carbocycles. The predicted molar refractivity (Wildman–Crippen MR) is 156 cm³/mol. The van der Waals surface area contributed by atoms with Crippen LogP contribution in [0.25, 0.3) is 0 Å². The highest BCUT2D eigenvalue weighted by Gasteiger charge is 2.44. The Labute approximate surface area is 240 Å². The number of aromatic carboxylic acids is 1. The lowest BCUT2D eigenvalue weighted by Gasteiger charge is -2.45. The summed E-state index contributed by atoms with van der Waals surface area (Å²) in [5, 5.41) is 26.4. The van der Waals surface area contributed by atoms with E-state index < -0.39 is 22.1 Å². The van der Waals surface area contributed by atoms with Gasteiger partial charge in [0, 0.05) is 23.5 Å². The average Bonchev–Trinajstić information content (AvgIpc) is 3.02. The van der Waals surface area contributed by atoms with Gasteiger partial charge in [0.15, 0.2) is 0 Å². The molecule has 3 aliphatic rings. The molecule has 0 bridgehead atoms. The smallest absolute Gasteiger partial charge is 0.335 e. The maximum atomic E-state index is 11.8. The molecule has 10 heteroatoms. The fourth-order valence-electron chi connectivity index (χ4n) is 6.58. The molecular formula is C30H37ClN2O6S. The van der Waals surface area contributed by atoms with Crippen LogP contribution in [0, 0.1) is 11.8 Å². The number of ether oxygens (including phenoxy) is 1. The van der Waals surface area contributed by atoms with E-state index in [-0.39, 0.29) is 28.6 Å². The number of allylic oxidation sites excluding steroid dienone is 1. The summed E-state index contributed by atoms with van der Waals surface area (Å²) in [6.45, 7) is 1.85. The van der Waals surface area contributed by atoms with Crippen molar-refractivity contribution >= 4 is 33.3 Å². The minimum atomic E-state index is -3.48. The molecule has 0 saturated heterocycles. The Morgan fingerprint density at radius 3 is 2.80 bits per heavy atom. The summed E-state index contributed by atoms with van der Waals surface area (Å²) < 4.78 is 28.7. The summed E-state index contributed by atoms with van der Waals surface area (Å²) in [6, 6.07) is 11.2. The standard InChI is InChI=1S/C30H37ClN2O6S/c31-23-9-11-25-20(15-23)5-4-13-30(25)18-33(26-16-21(29(35)36)8-12-28(26)39-19-30)17-22-7-10-24(22)27(34)6-2-1-3-14-40(32,37)38/h2,6,8-9,11-12,15-16,22,24,27,34H,1,3-5,7,10,13-14,17-19H2,(H,35,36)(H2,32,37,38)/t22-,24+,27-,30-/m0/s1. The van der Waals surface area contributed by atoms with E-state index in [1.165, 1.54) is 11.1 Å². The number of rotatable bonds is 9. The van der Waals surface area contributed by atoms with Gasteiger partial charge in [-0.2, -0.15) is 0 Å². The van der Waals surface area contributed by atoms with E-state index in [0.717, 1.165) is 42.8 Å². The highest BCUT2D eigenvalue weighted by atomic mass is 35.5. The second-order valence-electron chi connectivity index (χ2n) is 11.5. The van der Waals surface area contributed by atoms with Crippen LogP contribution in [-0.2, 0) is 21.9 Å². The number of hydrogen-bond donors (Lipinski definition) is 3. The largest absolute Gasteiger partial charge is 0.490 e. The van der Waals surface area contributed by atoms with Gasteiger partial charge in [-0.25, -0.2) is 18.4 Å². The third-order valence-corrected chi connectivity index (χ3v) is 9.88. The molecule has 1 spiro atoms. The van der Waals surface area contributed by atoms with Crippen LogP contribution >= 0.6 is 11.6 Å². The maximum Gasteiger partial charge on any atom is 0.335 e. The number of sulfonamides is 1. The van der Waals surface area contributed by atoms with Crippen LogP contribution in [0.5, 0.6) is 5.75 Å². The summed E-state index contributed by atoms with van der Waals surface area (Å²) in [4.78, 5) is 14.1. The molecule has 1 aliphatic heterocycles. The molecule has 4 N–H and O–H groups in total. The number of aliphatic hydroxyl groups is 1. The number of carboxylic acid groups (broad SMARTS) is 1. The first-order chi connectivity index (χ1) is 19.0. The number of nitrogens with zero attached hydrogens (tertiary/aromatic N) is 1. The highest BCUT2D eigenvalue weighted by molar-refractivity contribution is 7.89. The fraction of sp³-hybridized carbons (Fsp3) is 0.500. The van der Waals surface area contributed by atoms with Gasteiger partial charge in [0.05, 0.1) is 29.7 Å². The minimum Gasteiger partial charge on any atom is -0.490 e. The molecule has 1 saturated carbocycles. The predicted octanol–water partition coefficient (Wildman–Crippen LogP) is 4.52. The number of halogens is 1. The van der Waals surface area contributed by atoms with Crippen LogP contribution in [0.3, 0.4) is 0 Å². The third kappa shape index (κ3) is 6.33. The fourth-order valence-corrected chi connectivity index (χ4v) is 7.35. The van der Waals surface area contributed by atoms with Crippen molar-refractivity contribution in [1.82, 2.24) is 0 Å². The summed E-state index contributed by atoms with van der Waals surface area (Å²) in [7, 11) is -3.48. The van der Waals surface area contributed by atoms with Crippen molar-refractivity contribution in [2.75, 3.05) is 30.3 Å². The number of unbranched alkanes of at least 4 members (excludes halogenated alkanes) is 1. The lowest BCUT2D eigenvalue weighted by molar-refractivity contribution is 0.0456. The van der Waals surface area contributed by atoms with E-state index in [0.29, 0.717) is 38.3 Å². The number of primary sulfonamides is 1. The Morgan fingerprint density at radius 2 is 2.08 bits per heavy atom. The number of carbonyl (C=O) groups is 1. The lowest BCUT2D eigenvalue weighted by atomic mass is 9.68. The van der Waals surface area contributed by atoms with Crippen LogP contribution < -0.4 is 14.8 Å². The Morgan fingerprint density at radius 1 is 1.25 bits per heavy atom. The normalized spacial score (nSPS) is 25.0. The van der Waals surface area contributed by atoms with Crippen molar-refractivity contribution in [2.24, 2.45) is 17.0 Å². The van der Waals surface area contributed by atoms with E-state index in [1.807, 2.05) is 12.1 Å². The van der Waals surface area contributed by atoms with Crippen molar-refractivity contribution in [3.63, 3.8) is 0 Å². The molecule has 40 heavy (non-hydrogen) atoms. The van der Waals surface area contributed by atoms with Crippen LogP contribution in [0.4, 0.5) is 5.69 Å². The molecule has 0 amide bonds. The number of nitrogens with two attached hydrogens (primary N) is 1. The first-order valence-corrected chi connectivity index (χ1v) is 16.0. The first kappa shape index (κ1) is 28.9. The second-order valence-corrected chi connectivity index (χ2v) is 13.7. The zero-order valence-corrected chi connectivity index (χ0v) is 24.0. The van der Waals surface area contributed by atoms with Crippen molar-refractivity contribution < 1.29 is 28.2 Å². The van der Waals surface area contributed by atoms with E-state index in [1.54, 1.807) is 24.3 Å². The van der Waals surface area contributed by atoms with Gasteiger partial charge in [-0.1, -0.05) is 29.8 Å². The van der Waals surface area contributed by atoms with E-state index in [2.05, 4.69) is 17.0 Å². The number of carboxylic acids is 1. The summed E-state index contributed by atoms with van der Waals surface area (Å²) in [6.07, 6.45) is 8.72. The van der Waals surface area contributed by atoms with E-state index in [9.17, 15) is 23.4 Å². The third-order valence-electron chi connectivity index (χ3n) is 8.79.